The van der Waals surface area contributed by atoms with Crippen molar-refractivity contribution in [2.75, 3.05) is 13.1 Å². The fraction of sp³-hybridized carbons (Fsp3) is 0.350. The first kappa shape index (κ1) is 17.1. The minimum absolute atomic E-state index is 0.0809. The minimum atomic E-state index is -0.0968. The SMILES string of the molecule is O=C(Cc1ccccn1)N[C@H]1CC(=O)N(CCCc2ccccc2)C1. The molecule has 25 heavy (non-hydrogen) atoms. The number of carbonyl (C=O) groups excluding carboxylic acids is 2. The highest BCUT2D eigenvalue weighted by atomic mass is 16.2. The van der Waals surface area contributed by atoms with Crippen molar-refractivity contribution in [2.24, 2.45) is 0 Å². The van der Waals surface area contributed by atoms with Crippen LogP contribution in [0.5, 0.6) is 0 Å². The third-order valence-electron chi connectivity index (χ3n) is 4.38. The summed E-state index contributed by atoms with van der Waals surface area (Å²) in [5.74, 6) is 0.0406. The maximum Gasteiger partial charge on any atom is 0.226 e. The zero-order valence-corrected chi connectivity index (χ0v) is 14.2. The fourth-order valence-corrected chi connectivity index (χ4v) is 3.15. The van der Waals surface area contributed by atoms with Crippen LogP contribution in [0.4, 0.5) is 0 Å². The maximum atomic E-state index is 12.1. The molecule has 0 unspecified atom stereocenters. The Morgan fingerprint density at radius 3 is 2.72 bits per heavy atom. The number of hydrogen-bond acceptors (Lipinski definition) is 3. The largest absolute Gasteiger partial charge is 0.351 e. The summed E-state index contributed by atoms with van der Waals surface area (Å²) in [6.07, 6.45) is 4.21. The topological polar surface area (TPSA) is 62.3 Å². The first-order valence-corrected chi connectivity index (χ1v) is 8.71. The molecule has 0 saturated carbocycles. The van der Waals surface area contributed by atoms with Crippen molar-refractivity contribution in [3.05, 3.63) is 66.0 Å². The molecular formula is C20H23N3O2. The summed E-state index contributed by atoms with van der Waals surface area (Å²) in [6, 6.07) is 15.7. The Labute approximate surface area is 148 Å². The van der Waals surface area contributed by atoms with Gasteiger partial charge in [0, 0.05) is 31.4 Å². The number of rotatable bonds is 7. The van der Waals surface area contributed by atoms with Crippen molar-refractivity contribution in [3.8, 4) is 0 Å². The predicted molar refractivity (Wildman–Crippen MR) is 95.8 cm³/mol. The molecule has 0 spiro atoms. The second kappa shape index (κ2) is 8.42. The molecule has 1 aliphatic heterocycles. The molecule has 0 aliphatic carbocycles. The van der Waals surface area contributed by atoms with Crippen molar-refractivity contribution in [1.82, 2.24) is 15.2 Å². The molecule has 1 aliphatic rings. The zero-order chi connectivity index (χ0) is 17.5. The molecule has 2 amide bonds. The number of nitrogens with zero attached hydrogens (tertiary/aromatic N) is 2. The summed E-state index contributed by atoms with van der Waals surface area (Å²) in [5, 5.41) is 2.95. The van der Waals surface area contributed by atoms with Gasteiger partial charge in [0.25, 0.3) is 0 Å². The summed E-state index contributed by atoms with van der Waals surface area (Å²) in [5.41, 5.74) is 2.03. The summed E-state index contributed by atoms with van der Waals surface area (Å²) < 4.78 is 0. The van der Waals surface area contributed by atoms with Gasteiger partial charge >= 0.3 is 0 Å². The molecule has 5 heteroatoms. The quantitative estimate of drug-likeness (QED) is 0.840. The first-order valence-electron chi connectivity index (χ1n) is 8.71. The van der Waals surface area contributed by atoms with Crippen LogP contribution < -0.4 is 5.32 Å². The Balaban J connectivity index is 1.41. The number of aryl methyl sites for hydroxylation is 1. The molecule has 2 heterocycles. The molecule has 1 fully saturated rings. The summed E-state index contributed by atoms with van der Waals surface area (Å²) in [6.45, 7) is 1.34. The van der Waals surface area contributed by atoms with E-state index < -0.39 is 0 Å². The molecule has 2 aromatic rings. The lowest BCUT2D eigenvalue weighted by molar-refractivity contribution is -0.127. The standard InChI is InChI=1S/C20H23N3O2/c24-19(13-17-10-4-5-11-21-17)22-18-14-20(25)23(15-18)12-6-9-16-7-2-1-3-8-16/h1-5,7-8,10-11,18H,6,9,12-15H2,(H,22,24)/t18-/m0/s1. The fourth-order valence-electron chi connectivity index (χ4n) is 3.15. The number of benzene rings is 1. The molecule has 3 rings (SSSR count). The van der Waals surface area contributed by atoms with Crippen LogP contribution in [0.1, 0.15) is 24.1 Å². The van der Waals surface area contributed by atoms with Gasteiger partial charge in [-0.1, -0.05) is 36.4 Å². The number of pyridine rings is 1. The lowest BCUT2D eigenvalue weighted by Gasteiger charge is -2.17. The van der Waals surface area contributed by atoms with E-state index >= 15 is 0 Å². The van der Waals surface area contributed by atoms with Crippen LogP contribution in [-0.2, 0) is 22.4 Å². The van der Waals surface area contributed by atoms with Crippen LogP contribution in [0.3, 0.4) is 0 Å². The predicted octanol–water partition coefficient (Wildman–Crippen LogP) is 1.97. The Morgan fingerprint density at radius 1 is 1.16 bits per heavy atom. The second-order valence-electron chi connectivity index (χ2n) is 6.40. The molecule has 1 saturated heterocycles. The number of amides is 2. The Morgan fingerprint density at radius 2 is 1.96 bits per heavy atom. The van der Waals surface area contributed by atoms with Crippen LogP contribution >= 0.6 is 0 Å². The van der Waals surface area contributed by atoms with Gasteiger partial charge in [-0.15, -0.1) is 0 Å². The van der Waals surface area contributed by atoms with Crippen molar-refractivity contribution in [2.45, 2.75) is 31.7 Å². The van der Waals surface area contributed by atoms with Crippen LogP contribution in [-0.4, -0.2) is 40.8 Å². The van der Waals surface area contributed by atoms with E-state index in [1.54, 1.807) is 6.20 Å². The lowest BCUT2D eigenvalue weighted by Crippen LogP contribution is -2.38. The molecular weight excluding hydrogens is 314 g/mol. The molecule has 1 atom stereocenters. The van der Waals surface area contributed by atoms with Gasteiger partial charge in [-0.05, 0) is 30.5 Å². The number of nitrogens with one attached hydrogen (secondary N) is 1. The average molecular weight is 337 g/mol. The van der Waals surface area contributed by atoms with E-state index in [1.807, 2.05) is 41.3 Å². The highest BCUT2D eigenvalue weighted by molar-refractivity contribution is 5.83. The summed E-state index contributed by atoms with van der Waals surface area (Å²) >= 11 is 0. The molecule has 5 nitrogen and oxygen atoms in total. The van der Waals surface area contributed by atoms with Gasteiger partial charge in [-0.2, -0.15) is 0 Å². The van der Waals surface area contributed by atoms with Gasteiger partial charge in [-0.3, -0.25) is 14.6 Å². The van der Waals surface area contributed by atoms with Gasteiger partial charge in [0.2, 0.25) is 11.8 Å². The van der Waals surface area contributed by atoms with Crippen LogP contribution in [0, 0.1) is 0 Å². The lowest BCUT2D eigenvalue weighted by atomic mass is 10.1. The van der Waals surface area contributed by atoms with Gasteiger partial charge in [0.1, 0.15) is 0 Å². The van der Waals surface area contributed by atoms with E-state index in [-0.39, 0.29) is 24.3 Å². The monoisotopic (exact) mass is 337 g/mol. The smallest absolute Gasteiger partial charge is 0.226 e. The molecule has 1 aromatic heterocycles. The van der Waals surface area contributed by atoms with Crippen molar-refractivity contribution in [3.63, 3.8) is 0 Å². The molecule has 0 bridgehead atoms. The number of hydrogen-bond donors (Lipinski definition) is 1. The Hall–Kier alpha value is -2.69. The summed E-state index contributed by atoms with van der Waals surface area (Å²) in [4.78, 5) is 30.2. The first-order chi connectivity index (χ1) is 12.2. The van der Waals surface area contributed by atoms with E-state index in [0.717, 1.165) is 25.1 Å². The van der Waals surface area contributed by atoms with Gasteiger partial charge in [0.05, 0.1) is 12.5 Å². The molecule has 1 N–H and O–H groups in total. The van der Waals surface area contributed by atoms with E-state index in [2.05, 4.69) is 22.4 Å². The Kier molecular flexibility index (Phi) is 5.77. The van der Waals surface area contributed by atoms with Gasteiger partial charge < -0.3 is 10.2 Å². The average Bonchev–Trinajstić information content (AvgIpc) is 2.96. The number of carbonyl (C=O) groups is 2. The molecule has 130 valence electrons. The van der Waals surface area contributed by atoms with Crippen molar-refractivity contribution < 1.29 is 9.59 Å². The van der Waals surface area contributed by atoms with E-state index in [9.17, 15) is 9.59 Å². The van der Waals surface area contributed by atoms with Crippen molar-refractivity contribution in [1.29, 1.82) is 0 Å². The van der Waals surface area contributed by atoms with Crippen LogP contribution in [0.2, 0.25) is 0 Å². The minimum Gasteiger partial charge on any atom is -0.351 e. The zero-order valence-electron chi connectivity index (χ0n) is 14.2. The van der Waals surface area contributed by atoms with E-state index in [0.29, 0.717) is 13.0 Å². The highest BCUT2D eigenvalue weighted by Crippen LogP contribution is 2.13. The normalized spacial score (nSPS) is 16.9. The van der Waals surface area contributed by atoms with E-state index in [4.69, 9.17) is 0 Å². The molecule has 1 aromatic carbocycles. The van der Waals surface area contributed by atoms with Crippen molar-refractivity contribution >= 4 is 11.8 Å². The molecule has 0 radical (unpaired) electrons. The van der Waals surface area contributed by atoms with E-state index in [1.165, 1.54) is 5.56 Å². The Bertz CT molecular complexity index is 703. The van der Waals surface area contributed by atoms with Gasteiger partial charge in [0.15, 0.2) is 0 Å². The maximum absolute atomic E-state index is 12.1. The van der Waals surface area contributed by atoms with Gasteiger partial charge in [-0.25, -0.2) is 0 Å². The number of likely N-dealkylation sites (tertiary alicyclic amines) is 1. The number of aromatic nitrogens is 1. The third kappa shape index (κ3) is 5.14. The summed E-state index contributed by atoms with van der Waals surface area (Å²) in [7, 11) is 0. The third-order valence-corrected chi connectivity index (χ3v) is 4.38. The highest BCUT2D eigenvalue weighted by Gasteiger charge is 2.30. The second-order valence-corrected chi connectivity index (χ2v) is 6.40. The van der Waals surface area contributed by atoms with Crippen LogP contribution in [0.15, 0.2) is 54.7 Å². The van der Waals surface area contributed by atoms with Crippen LogP contribution in [0.25, 0.3) is 0 Å².